The van der Waals surface area contributed by atoms with Crippen LogP contribution in [0.4, 0.5) is 0 Å². The van der Waals surface area contributed by atoms with Crippen LogP contribution in [0.2, 0.25) is 5.15 Å². The molecule has 13 heavy (non-hydrogen) atoms. The maximum absolute atomic E-state index is 5.98. The Kier molecular flexibility index (Phi) is 3.75. The van der Waals surface area contributed by atoms with Crippen molar-refractivity contribution >= 4 is 11.6 Å². The summed E-state index contributed by atoms with van der Waals surface area (Å²) in [6.07, 6.45) is 1.86. The van der Waals surface area contributed by atoms with Crippen LogP contribution in [0.1, 0.15) is 18.4 Å². The van der Waals surface area contributed by atoms with Crippen LogP contribution in [0.25, 0.3) is 0 Å². The minimum Gasteiger partial charge on any atom is -0.334 e. The average molecular weight is 202 g/mol. The third-order valence-electron chi connectivity index (χ3n) is 2.19. The lowest BCUT2D eigenvalue weighted by Crippen LogP contribution is -2.13. The minimum absolute atomic E-state index is 0.649. The number of rotatable bonds is 4. The van der Waals surface area contributed by atoms with E-state index in [1.165, 1.54) is 0 Å². The summed E-state index contributed by atoms with van der Waals surface area (Å²) < 4.78 is 2.08. The molecule has 0 aliphatic carbocycles. The first-order valence-corrected chi connectivity index (χ1v) is 4.93. The minimum atomic E-state index is 0.649. The summed E-state index contributed by atoms with van der Waals surface area (Å²) in [5.41, 5.74) is 1.12. The van der Waals surface area contributed by atoms with Crippen LogP contribution in [0, 0.1) is 0 Å². The van der Waals surface area contributed by atoms with Gasteiger partial charge in [0.25, 0.3) is 0 Å². The number of imidazole rings is 1. The van der Waals surface area contributed by atoms with Crippen molar-refractivity contribution in [2.75, 3.05) is 13.6 Å². The van der Waals surface area contributed by atoms with E-state index < -0.39 is 0 Å². The van der Waals surface area contributed by atoms with Crippen LogP contribution in [-0.2, 0) is 19.9 Å². The first-order valence-electron chi connectivity index (χ1n) is 4.55. The Bertz CT molecular complexity index is 281. The summed E-state index contributed by atoms with van der Waals surface area (Å²) in [5.74, 6) is 1.05. The molecule has 1 aromatic rings. The summed E-state index contributed by atoms with van der Waals surface area (Å²) in [6.45, 7) is 3.02. The molecule has 0 fully saturated rings. The Morgan fingerprint density at radius 3 is 2.69 bits per heavy atom. The summed E-state index contributed by atoms with van der Waals surface area (Å²) in [5, 5.41) is 3.74. The molecule has 0 saturated carbocycles. The standard InChI is InChI=1S/C9H16ClN3/c1-4-7-9(10)12-8(13(7)3)5-6-11-2/h11H,4-6H2,1-3H3. The molecule has 1 aromatic heterocycles. The van der Waals surface area contributed by atoms with E-state index in [1.807, 2.05) is 14.1 Å². The molecule has 74 valence electrons. The first kappa shape index (κ1) is 10.5. The van der Waals surface area contributed by atoms with Gasteiger partial charge < -0.3 is 9.88 Å². The molecule has 0 atom stereocenters. The summed E-state index contributed by atoms with van der Waals surface area (Å²) >= 11 is 5.98. The Labute approximate surface area is 84.1 Å². The highest BCUT2D eigenvalue weighted by Gasteiger charge is 2.09. The molecule has 0 aliphatic rings. The van der Waals surface area contributed by atoms with E-state index in [0.717, 1.165) is 30.9 Å². The molecule has 0 radical (unpaired) electrons. The topological polar surface area (TPSA) is 29.9 Å². The molecule has 0 bridgehead atoms. The maximum Gasteiger partial charge on any atom is 0.150 e. The number of hydrogen-bond donors (Lipinski definition) is 1. The van der Waals surface area contributed by atoms with Gasteiger partial charge in [0.2, 0.25) is 0 Å². The van der Waals surface area contributed by atoms with Crippen LogP contribution in [0.3, 0.4) is 0 Å². The maximum atomic E-state index is 5.98. The smallest absolute Gasteiger partial charge is 0.150 e. The second-order valence-electron chi connectivity index (χ2n) is 3.03. The lowest BCUT2D eigenvalue weighted by molar-refractivity contribution is 0.702. The summed E-state index contributed by atoms with van der Waals surface area (Å²) in [4.78, 5) is 4.31. The summed E-state index contributed by atoms with van der Waals surface area (Å²) in [7, 11) is 3.95. The van der Waals surface area contributed by atoms with Crippen LogP contribution >= 0.6 is 11.6 Å². The molecule has 4 heteroatoms. The molecule has 1 rings (SSSR count). The van der Waals surface area contributed by atoms with Gasteiger partial charge in [-0.1, -0.05) is 18.5 Å². The third kappa shape index (κ3) is 2.23. The Hall–Kier alpha value is -0.540. The van der Waals surface area contributed by atoms with E-state index in [1.54, 1.807) is 0 Å². The van der Waals surface area contributed by atoms with Crippen LogP contribution in [-0.4, -0.2) is 23.1 Å². The number of likely N-dealkylation sites (N-methyl/N-ethyl adjacent to an activating group) is 1. The third-order valence-corrected chi connectivity index (χ3v) is 2.49. The van der Waals surface area contributed by atoms with Gasteiger partial charge in [-0.2, -0.15) is 0 Å². The van der Waals surface area contributed by atoms with Gasteiger partial charge in [-0.3, -0.25) is 0 Å². The van der Waals surface area contributed by atoms with Crippen LogP contribution in [0.15, 0.2) is 0 Å². The van der Waals surface area contributed by atoms with Crippen molar-refractivity contribution in [1.29, 1.82) is 0 Å². The van der Waals surface area contributed by atoms with Crippen LogP contribution < -0.4 is 5.32 Å². The highest BCUT2D eigenvalue weighted by atomic mass is 35.5. The Morgan fingerprint density at radius 2 is 2.23 bits per heavy atom. The molecular weight excluding hydrogens is 186 g/mol. The molecule has 3 nitrogen and oxygen atoms in total. The lowest BCUT2D eigenvalue weighted by Gasteiger charge is -2.03. The van der Waals surface area contributed by atoms with E-state index in [4.69, 9.17) is 11.6 Å². The molecule has 0 aromatic carbocycles. The number of hydrogen-bond acceptors (Lipinski definition) is 2. The predicted octanol–water partition coefficient (Wildman–Crippen LogP) is 1.40. The van der Waals surface area contributed by atoms with E-state index in [2.05, 4.69) is 21.8 Å². The monoisotopic (exact) mass is 201 g/mol. The van der Waals surface area contributed by atoms with E-state index in [9.17, 15) is 0 Å². The molecular formula is C9H16ClN3. The largest absolute Gasteiger partial charge is 0.334 e. The molecule has 0 unspecified atom stereocenters. The average Bonchev–Trinajstić information content (AvgIpc) is 2.38. The lowest BCUT2D eigenvalue weighted by atomic mass is 10.3. The van der Waals surface area contributed by atoms with E-state index in [0.29, 0.717) is 5.15 Å². The van der Waals surface area contributed by atoms with Gasteiger partial charge in [0.15, 0.2) is 5.15 Å². The first-order chi connectivity index (χ1) is 6.20. The predicted molar refractivity (Wildman–Crippen MR) is 55.2 cm³/mol. The van der Waals surface area contributed by atoms with Crippen molar-refractivity contribution in [1.82, 2.24) is 14.9 Å². The number of nitrogens with one attached hydrogen (secondary N) is 1. The van der Waals surface area contributed by atoms with Gasteiger partial charge >= 0.3 is 0 Å². The van der Waals surface area contributed by atoms with E-state index >= 15 is 0 Å². The highest BCUT2D eigenvalue weighted by Crippen LogP contribution is 2.16. The van der Waals surface area contributed by atoms with Crippen molar-refractivity contribution in [3.8, 4) is 0 Å². The van der Waals surface area contributed by atoms with Gasteiger partial charge in [0, 0.05) is 20.0 Å². The fraction of sp³-hybridized carbons (Fsp3) is 0.667. The number of nitrogens with zero attached hydrogens (tertiary/aromatic N) is 2. The van der Waals surface area contributed by atoms with Gasteiger partial charge in [0.1, 0.15) is 5.82 Å². The van der Waals surface area contributed by atoms with Crippen molar-refractivity contribution in [2.24, 2.45) is 7.05 Å². The van der Waals surface area contributed by atoms with Crippen molar-refractivity contribution < 1.29 is 0 Å². The molecule has 0 amide bonds. The normalized spacial score (nSPS) is 10.8. The van der Waals surface area contributed by atoms with Crippen molar-refractivity contribution in [2.45, 2.75) is 19.8 Å². The summed E-state index contributed by atoms with van der Waals surface area (Å²) in [6, 6.07) is 0. The molecule has 0 aliphatic heterocycles. The molecule has 0 saturated heterocycles. The second-order valence-corrected chi connectivity index (χ2v) is 3.39. The van der Waals surface area contributed by atoms with Crippen molar-refractivity contribution in [3.63, 3.8) is 0 Å². The quantitative estimate of drug-likeness (QED) is 0.798. The number of halogens is 1. The molecule has 1 N–H and O–H groups in total. The van der Waals surface area contributed by atoms with Gasteiger partial charge in [0.05, 0.1) is 5.69 Å². The highest BCUT2D eigenvalue weighted by molar-refractivity contribution is 6.30. The Morgan fingerprint density at radius 1 is 1.54 bits per heavy atom. The SMILES string of the molecule is CCc1c(Cl)nc(CCNC)n1C. The fourth-order valence-corrected chi connectivity index (χ4v) is 1.75. The van der Waals surface area contributed by atoms with Gasteiger partial charge in [-0.05, 0) is 13.5 Å². The molecule has 0 spiro atoms. The second kappa shape index (κ2) is 4.63. The molecule has 1 heterocycles. The van der Waals surface area contributed by atoms with Gasteiger partial charge in [-0.25, -0.2) is 4.98 Å². The van der Waals surface area contributed by atoms with Crippen molar-refractivity contribution in [3.05, 3.63) is 16.7 Å². The fourth-order valence-electron chi connectivity index (χ4n) is 1.39. The van der Waals surface area contributed by atoms with Gasteiger partial charge in [-0.15, -0.1) is 0 Å². The Balaban J connectivity index is 2.83. The number of aromatic nitrogens is 2. The van der Waals surface area contributed by atoms with E-state index in [-0.39, 0.29) is 0 Å². The zero-order valence-electron chi connectivity index (χ0n) is 8.39. The van der Waals surface area contributed by atoms with Crippen LogP contribution in [0.5, 0.6) is 0 Å². The zero-order valence-corrected chi connectivity index (χ0v) is 9.15. The zero-order chi connectivity index (χ0) is 9.84.